The summed E-state index contributed by atoms with van der Waals surface area (Å²) in [7, 11) is -3.60. The van der Waals surface area contributed by atoms with Crippen LogP contribution in [0.4, 0.5) is 23.1 Å². The third kappa shape index (κ3) is 5.22. The molecule has 0 saturated carbocycles. The molecular formula is C24H29N7O4S. The fourth-order valence-corrected chi connectivity index (χ4v) is 6.29. The number of nitriles is 1. The van der Waals surface area contributed by atoms with Crippen molar-refractivity contribution >= 4 is 39.1 Å². The van der Waals surface area contributed by atoms with E-state index in [4.69, 9.17) is 4.74 Å². The third-order valence-electron chi connectivity index (χ3n) is 6.78. The Hall–Kier alpha value is -3.43. The summed E-state index contributed by atoms with van der Waals surface area (Å²) in [4.78, 5) is 24.2. The summed E-state index contributed by atoms with van der Waals surface area (Å²) in [5.41, 5.74) is 1.79. The van der Waals surface area contributed by atoms with Crippen molar-refractivity contribution in [3.8, 4) is 6.07 Å². The lowest BCUT2D eigenvalue weighted by atomic mass is 9.92. The number of hydrogen-bond donors (Lipinski definition) is 2. The minimum Gasteiger partial charge on any atom is -0.371 e. The number of sulfonamides is 1. The second-order valence-corrected chi connectivity index (χ2v) is 11.2. The van der Waals surface area contributed by atoms with Crippen molar-refractivity contribution in [2.75, 3.05) is 58.6 Å². The van der Waals surface area contributed by atoms with Crippen LogP contribution in [-0.2, 0) is 14.8 Å². The number of hydrogen-bond acceptors (Lipinski definition) is 9. The molecule has 1 unspecified atom stereocenters. The summed E-state index contributed by atoms with van der Waals surface area (Å²) in [6.07, 6.45) is 5.15. The highest BCUT2D eigenvalue weighted by molar-refractivity contribution is 7.92. The number of nitrogens with zero attached hydrogens (tertiary/aromatic N) is 5. The smallest absolute Gasteiger partial charge is 0.259 e. The topological polar surface area (TPSA) is 141 Å². The van der Waals surface area contributed by atoms with Gasteiger partial charge in [-0.1, -0.05) is 6.42 Å². The standard InChI is InChI=1S/C24H29N7O4S/c25-14-18-12-22-28-23(32)20-7-6-19(31-10-11-35-16-36(31,33)34)13-21(20)30-9-3-5-17(15-30)4-1-2-8-26-24(27-18)29-22/h6-7,12-13,17H,1-5,8-11,15-16H2,(H2,26,27,28,29,32). The van der Waals surface area contributed by atoms with Gasteiger partial charge in [-0.25, -0.2) is 13.4 Å². The molecule has 190 valence electrons. The fourth-order valence-electron chi connectivity index (χ4n) is 5.04. The first-order valence-electron chi connectivity index (χ1n) is 12.2. The maximum atomic E-state index is 13.5. The number of carbonyl (C=O) groups excluding carboxylic acids is 1. The number of rotatable bonds is 1. The molecule has 0 radical (unpaired) electrons. The van der Waals surface area contributed by atoms with Gasteiger partial charge in [-0.15, -0.1) is 0 Å². The van der Waals surface area contributed by atoms with Crippen LogP contribution in [0, 0.1) is 17.2 Å². The highest BCUT2D eigenvalue weighted by Gasteiger charge is 2.30. The molecule has 4 heterocycles. The summed E-state index contributed by atoms with van der Waals surface area (Å²) in [5.74, 6) is 0.271. The van der Waals surface area contributed by atoms with E-state index >= 15 is 0 Å². The van der Waals surface area contributed by atoms with Crippen molar-refractivity contribution in [3.05, 3.63) is 35.5 Å². The van der Waals surface area contributed by atoms with Gasteiger partial charge in [0.25, 0.3) is 15.9 Å². The van der Waals surface area contributed by atoms with E-state index in [9.17, 15) is 18.5 Å². The summed E-state index contributed by atoms with van der Waals surface area (Å²) in [6.45, 7) is 2.81. The number of amides is 1. The molecule has 1 atom stereocenters. The first-order valence-corrected chi connectivity index (χ1v) is 13.9. The van der Waals surface area contributed by atoms with E-state index in [0.29, 0.717) is 42.0 Å². The van der Waals surface area contributed by atoms with Gasteiger partial charge in [0.05, 0.1) is 30.1 Å². The lowest BCUT2D eigenvalue weighted by Gasteiger charge is -2.36. The zero-order valence-electron chi connectivity index (χ0n) is 19.9. The van der Waals surface area contributed by atoms with Crippen LogP contribution in [0.25, 0.3) is 0 Å². The van der Waals surface area contributed by atoms with E-state index in [1.54, 1.807) is 18.2 Å². The number of aromatic nitrogens is 2. The number of fused-ring (bicyclic) bond motifs is 6. The maximum Gasteiger partial charge on any atom is 0.259 e. The molecule has 1 aromatic carbocycles. The molecular weight excluding hydrogens is 482 g/mol. The number of anilines is 4. The molecule has 2 aromatic rings. The summed E-state index contributed by atoms with van der Waals surface area (Å²) >= 11 is 0. The molecule has 12 heteroatoms. The van der Waals surface area contributed by atoms with Crippen molar-refractivity contribution in [2.24, 2.45) is 5.92 Å². The molecule has 5 rings (SSSR count). The predicted octanol–water partition coefficient (Wildman–Crippen LogP) is 2.54. The van der Waals surface area contributed by atoms with Gasteiger partial charge in [0.1, 0.15) is 17.6 Å². The average Bonchev–Trinajstić information content (AvgIpc) is 2.87. The molecule has 2 N–H and O–H groups in total. The van der Waals surface area contributed by atoms with Crippen molar-refractivity contribution in [3.63, 3.8) is 0 Å². The Labute approximate surface area is 210 Å². The molecule has 2 fully saturated rings. The predicted molar refractivity (Wildman–Crippen MR) is 136 cm³/mol. The van der Waals surface area contributed by atoms with Gasteiger partial charge in [-0.2, -0.15) is 10.2 Å². The van der Waals surface area contributed by atoms with Crippen molar-refractivity contribution in [1.29, 1.82) is 5.26 Å². The van der Waals surface area contributed by atoms with Gasteiger partial charge < -0.3 is 20.3 Å². The monoisotopic (exact) mass is 511 g/mol. The first kappa shape index (κ1) is 24.3. The zero-order valence-corrected chi connectivity index (χ0v) is 20.8. The zero-order chi connectivity index (χ0) is 25.1. The Bertz CT molecular complexity index is 1290. The number of piperidine rings is 1. The first-order chi connectivity index (χ1) is 17.4. The fraction of sp³-hybridized carbons (Fsp3) is 0.500. The third-order valence-corrected chi connectivity index (χ3v) is 8.31. The highest BCUT2D eigenvalue weighted by atomic mass is 32.2. The molecule has 1 aromatic heterocycles. The number of nitrogens with one attached hydrogen (secondary N) is 2. The number of benzene rings is 1. The number of ether oxygens (including phenoxy) is 1. The quantitative estimate of drug-likeness (QED) is 0.591. The van der Waals surface area contributed by atoms with Crippen LogP contribution >= 0.6 is 0 Å². The van der Waals surface area contributed by atoms with E-state index < -0.39 is 10.0 Å². The average molecular weight is 512 g/mol. The van der Waals surface area contributed by atoms with Gasteiger partial charge in [0.2, 0.25) is 5.95 Å². The Kier molecular flexibility index (Phi) is 6.93. The summed E-state index contributed by atoms with van der Waals surface area (Å²) in [5, 5.41) is 15.4. The van der Waals surface area contributed by atoms with Crippen LogP contribution in [0.15, 0.2) is 24.3 Å². The van der Waals surface area contributed by atoms with E-state index in [0.717, 1.165) is 45.2 Å². The summed E-state index contributed by atoms with van der Waals surface area (Å²) < 4.78 is 31.8. The van der Waals surface area contributed by atoms with Crippen LogP contribution in [0.1, 0.15) is 48.2 Å². The van der Waals surface area contributed by atoms with Crippen molar-refractivity contribution < 1.29 is 17.9 Å². The van der Waals surface area contributed by atoms with Gasteiger partial charge in [0.15, 0.2) is 5.94 Å². The van der Waals surface area contributed by atoms with E-state index in [1.165, 1.54) is 10.4 Å². The van der Waals surface area contributed by atoms with Gasteiger partial charge in [-0.3, -0.25) is 9.10 Å². The summed E-state index contributed by atoms with van der Waals surface area (Å²) in [6, 6.07) is 8.57. The van der Waals surface area contributed by atoms with Crippen LogP contribution in [-0.4, -0.2) is 63.0 Å². The van der Waals surface area contributed by atoms with E-state index in [2.05, 4.69) is 25.5 Å². The Morgan fingerprint density at radius 3 is 2.81 bits per heavy atom. The maximum absolute atomic E-state index is 13.5. The Balaban J connectivity index is 1.56. The lowest BCUT2D eigenvalue weighted by molar-refractivity contribution is 0.102. The van der Waals surface area contributed by atoms with Crippen LogP contribution in [0.5, 0.6) is 0 Å². The van der Waals surface area contributed by atoms with Crippen molar-refractivity contribution in [2.45, 2.75) is 32.1 Å². The van der Waals surface area contributed by atoms with Gasteiger partial charge in [0, 0.05) is 25.7 Å². The molecule has 3 aliphatic rings. The SMILES string of the molecule is N#Cc1cc2nc(n1)NCCCCC1CCCN(C1)c1cc(N3CCOCS3(=O)=O)ccc1C(=O)N2. The minimum absolute atomic E-state index is 0.153. The Morgan fingerprint density at radius 2 is 1.97 bits per heavy atom. The lowest BCUT2D eigenvalue weighted by Crippen LogP contribution is -2.41. The normalized spacial score (nSPS) is 22.2. The Morgan fingerprint density at radius 1 is 1.11 bits per heavy atom. The second-order valence-electron chi connectivity index (χ2n) is 9.32. The van der Waals surface area contributed by atoms with Crippen LogP contribution < -0.4 is 19.8 Å². The minimum atomic E-state index is -3.60. The highest BCUT2D eigenvalue weighted by Crippen LogP contribution is 2.34. The molecule has 2 saturated heterocycles. The van der Waals surface area contributed by atoms with E-state index in [1.807, 2.05) is 6.07 Å². The molecule has 4 bridgehead atoms. The number of carbonyl (C=O) groups is 1. The molecule has 0 spiro atoms. The van der Waals surface area contributed by atoms with Crippen molar-refractivity contribution in [1.82, 2.24) is 9.97 Å². The van der Waals surface area contributed by atoms with Crippen LogP contribution in [0.2, 0.25) is 0 Å². The van der Waals surface area contributed by atoms with Gasteiger partial charge in [-0.05, 0) is 49.8 Å². The molecule has 11 nitrogen and oxygen atoms in total. The van der Waals surface area contributed by atoms with E-state index in [-0.39, 0.29) is 29.9 Å². The molecule has 0 aliphatic carbocycles. The molecule has 36 heavy (non-hydrogen) atoms. The molecule has 3 aliphatic heterocycles. The van der Waals surface area contributed by atoms with Crippen LogP contribution in [0.3, 0.4) is 0 Å². The largest absolute Gasteiger partial charge is 0.371 e. The molecule has 1 amide bonds. The van der Waals surface area contributed by atoms with Gasteiger partial charge >= 0.3 is 0 Å². The second kappa shape index (κ2) is 10.3.